The number of aliphatic hydroxyl groups excluding tert-OH is 1. The normalized spacial score (nSPS) is 17.4. The number of nitrogens with one attached hydrogen (secondary N) is 5. The van der Waals surface area contributed by atoms with E-state index in [4.69, 9.17) is 14.2 Å². The Hall–Kier alpha value is -7.10. The number of H-pyrrole nitrogens is 1. The number of alkyl halides is 3. The number of nitrogens with zero attached hydrogens (tertiary/aromatic N) is 6. The number of carbonyl (C=O) groups excluding carboxylic acids is 5. The highest BCUT2D eigenvalue weighted by Gasteiger charge is 2.44. The van der Waals surface area contributed by atoms with Gasteiger partial charge < -0.3 is 60.3 Å². The molecule has 3 aliphatic heterocycles. The number of aromatic nitrogens is 2. The van der Waals surface area contributed by atoms with Crippen molar-refractivity contribution >= 4 is 52.2 Å². The quantitative estimate of drug-likeness (QED) is 0.0362. The molecule has 5 amide bonds. The number of likely N-dealkylation sites (N-methyl/N-ethyl adjacent to an activating group) is 1. The van der Waals surface area contributed by atoms with E-state index in [-0.39, 0.29) is 83.8 Å². The Morgan fingerprint density at radius 2 is 1.42 bits per heavy atom. The molecule has 0 bridgehead atoms. The molecule has 21 nitrogen and oxygen atoms in total. The number of amides is 5. The summed E-state index contributed by atoms with van der Waals surface area (Å²) in [5.41, 5.74) is 4.81. The second-order valence-electron chi connectivity index (χ2n) is 23.5. The number of hydrogen-bond acceptors (Lipinski definition) is 16. The van der Waals surface area contributed by atoms with Gasteiger partial charge in [-0.05, 0) is 65.4 Å². The fourth-order valence-electron chi connectivity index (χ4n) is 10.8. The number of aryl methyl sites for hydroxylation is 1. The number of likely N-dealkylation sites (tertiary alicyclic amines) is 1. The van der Waals surface area contributed by atoms with Gasteiger partial charge in [0.25, 0.3) is 5.91 Å². The average Bonchev–Trinajstić information content (AvgIpc) is 2.81. The fourth-order valence-corrected chi connectivity index (χ4v) is 11.6. The Kier molecular flexibility index (Phi) is 23.8. The Morgan fingerprint density at radius 1 is 0.773 bits per heavy atom. The summed E-state index contributed by atoms with van der Waals surface area (Å²) in [5, 5.41) is 22.1. The Balaban J connectivity index is 0.670. The van der Waals surface area contributed by atoms with Crippen molar-refractivity contribution in [3.63, 3.8) is 0 Å². The van der Waals surface area contributed by atoms with E-state index < -0.39 is 64.2 Å². The monoisotopic (exact) mass is 1240 g/mol. The molecule has 3 saturated heterocycles. The van der Waals surface area contributed by atoms with Crippen LogP contribution >= 0.6 is 11.3 Å². The van der Waals surface area contributed by atoms with E-state index in [9.17, 15) is 47.0 Å². The van der Waals surface area contributed by atoms with E-state index in [0.29, 0.717) is 50.2 Å². The third kappa shape index (κ3) is 19.2. The first-order valence-electron chi connectivity index (χ1n) is 29.9. The lowest BCUT2D eigenvalue weighted by atomic mass is 9.85. The lowest BCUT2D eigenvalue weighted by Crippen LogP contribution is -2.57. The molecule has 3 aliphatic rings. The molecule has 8 rings (SSSR count). The fraction of sp³-hybridized carbons (Fsp3) is 0.508. The van der Waals surface area contributed by atoms with Crippen LogP contribution in [0.15, 0.2) is 89.3 Å². The number of β-amino-alcohol motifs (C(OH)–C–C–N with tert-alkyl or cyclic N) is 1. The van der Waals surface area contributed by atoms with E-state index in [2.05, 4.69) is 63.0 Å². The van der Waals surface area contributed by atoms with Crippen LogP contribution in [-0.2, 0) is 52.7 Å². The number of carbonyl (C=O) groups is 5. The number of aliphatic hydroxyl groups is 1. The topological polar surface area (TPSA) is 243 Å². The van der Waals surface area contributed by atoms with Gasteiger partial charge in [0.15, 0.2) is 0 Å². The molecule has 3 fully saturated rings. The van der Waals surface area contributed by atoms with E-state index in [0.717, 1.165) is 83.9 Å². The minimum absolute atomic E-state index is 0.00668. The number of piperazine rings is 2. The number of hydrogen-bond donors (Lipinski definition) is 6. The van der Waals surface area contributed by atoms with Crippen molar-refractivity contribution in [2.24, 2.45) is 5.41 Å². The van der Waals surface area contributed by atoms with Crippen molar-refractivity contribution in [1.29, 1.82) is 0 Å². The summed E-state index contributed by atoms with van der Waals surface area (Å²) in [7, 11) is 2.02. The van der Waals surface area contributed by atoms with Gasteiger partial charge in [-0.3, -0.25) is 38.6 Å². The SMILES string of the molecule is Cc1ncsc1-c1ccc(CNC(=O)[C@@H]2C[C@@H](O)CN2C(=O)[C@@H](NC(=O)CCOCCOCCOCCC(=O)NCCN2CCN(Cc3cccc(-c4ccc(N5CCN(C)CC5)c(NC(=O)c5c[nH]c(=O)cc5C(F)(F)F)c4)c3)CC2)C(C)(C)C)cc1. The molecule has 476 valence electrons. The first-order valence-corrected chi connectivity index (χ1v) is 30.8. The van der Waals surface area contributed by atoms with Gasteiger partial charge in [0.05, 0.1) is 84.3 Å². The first kappa shape index (κ1) is 66.8. The van der Waals surface area contributed by atoms with Crippen LogP contribution in [0.25, 0.3) is 21.6 Å². The number of halogens is 3. The number of aromatic amines is 1. The highest BCUT2D eigenvalue weighted by Crippen LogP contribution is 2.36. The Labute approximate surface area is 515 Å². The van der Waals surface area contributed by atoms with E-state index in [1.165, 1.54) is 4.90 Å². The highest BCUT2D eigenvalue weighted by atomic mass is 32.1. The summed E-state index contributed by atoms with van der Waals surface area (Å²) in [5.74, 6) is -2.31. The van der Waals surface area contributed by atoms with Gasteiger partial charge in [0.1, 0.15) is 12.1 Å². The van der Waals surface area contributed by atoms with Crippen molar-refractivity contribution in [3.05, 3.63) is 123 Å². The van der Waals surface area contributed by atoms with Crippen LogP contribution < -0.4 is 31.7 Å². The molecule has 3 aromatic carbocycles. The first-order chi connectivity index (χ1) is 42.1. The molecule has 0 saturated carbocycles. The summed E-state index contributed by atoms with van der Waals surface area (Å²) in [4.78, 5) is 96.4. The van der Waals surface area contributed by atoms with Crippen LogP contribution in [0.3, 0.4) is 0 Å². The number of ether oxygens (including phenoxy) is 3. The van der Waals surface area contributed by atoms with Gasteiger partial charge in [-0.1, -0.05) is 69.3 Å². The third-order valence-corrected chi connectivity index (χ3v) is 16.8. The van der Waals surface area contributed by atoms with Gasteiger partial charge in [-0.15, -0.1) is 11.3 Å². The highest BCUT2D eigenvalue weighted by molar-refractivity contribution is 7.13. The average molecular weight is 1240 g/mol. The smallest absolute Gasteiger partial charge is 0.391 e. The molecule has 0 unspecified atom stereocenters. The molecule has 25 heteroatoms. The summed E-state index contributed by atoms with van der Waals surface area (Å²) >= 11 is 1.56. The van der Waals surface area contributed by atoms with Crippen molar-refractivity contribution in [1.82, 2.24) is 45.5 Å². The van der Waals surface area contributed by atoms with Crippen molar-refractivity contribution in [2.75, 3.05) is 129 Å². The molecule has 88 heavy (non-hydrogen) atoms. The lowest BCUT2D eigenvalue weighted by Gasteiger charge is -2.35. The Bertz CT molecular complexity index is 3210. The van der Waals surface area contributed by atoms with E-state index >= 15 is 0 Å². The van der Waals surface area contributed by atoms with Crippen molar-refractivity contribution in [3.8, 4) is 21.6 Å². The predicted octanol–water partition coefficient (Wildman–Crippen LogP) is 5.37. The molecule has 0 aliphatic carbocycles. The molecule has 0 radical (unpaired) electrons. The second-order valence-corrected chi connectivity index (χ2v) is 24.4. The zero-order chi connectivity index (χ0) is 63.0. The maximum atomic E-state index is 14.0. The zero-order valence-corrected chi connectivity index (χ0v) is 51.5. The van der Waals surface area contributed by atoms with Crippen molar-refractivity contribution in [2.45, 2.75) is 84.4 Å². The van der Waals surface area contributed by atoms with Gasteiger partial charge in [-0.2, -0.15) is 13.2 Å². The van der Waals surface area contributed by atoms with Crippen LogP contribution in [0.2, 0.25) is 0 Å². The molecular formula is C63H82F3N11O10S. The maximum absolute atomic E-state index is 14.0. The number of thiazole rings is 1. The minimum atomic E-state index is -4.91. The van der Waals surface area contributed by atoms with Crippen LogP contribution in [-0.4, -0.2) is 201 Å². The van der Waals surface area contributed by atoms with E-state index in [1.807, 2.05) is 83.3 Å². The molecule has 0 spiro atoms. The summed E-state index contributed by atoms with van der Waals surface area (Å²) in [6.45, 7) is 17.1. The largest absolute Gasteiger partial charge is 0.417 e. The number of benzene rings is 3. The van der Waals surface area contributed by atoms with Gasteiger partial charge in [-0.25, -0.2) is 4.98 Å². The van der Waals surface area contributed by atoms with Gasteiger partial charge in [0.2, 0.25) is 29.2 Å². The van der Waals surface area contributed by atoms with Crippen molar-refractivity contribution < 1.29 is 56.5 Å². The zero-order valence-electron chi connectivity index (χ0n) is 50.7. The molecule has 3 atom stereocenters. The van der Waals surface area contributed by atoms with Crippen LogP contribution in [0.1, 0.15) is 72.8 Å². The summed E-state index contributed by atoms with van der Waals surface area (Å²) in [6.07, 6.45) is -4.71. The number of rotatable bonds is 27. The minimum Gasteiger partial charge on any atom is -0.391 e. The maximum Gasteiger partial charge on any atom is 0.417 e. The second kappa shape index (κ2) is 31.4. The van der Waals surface area contributed by atoms with Gasteiger partial charge >= 0.3 is 6.18 Å². The van der Waals surface area contributed by atoms with Crippen LogP contribution in [0.5, 0.6) is 0 Å². The predicted molar refractivity (Wildman–Crippen MR) is 330 cm³/mol. The summed E-state index contributed by atoms with van der Waals surface area (Å²) in [6, 6.07) is 20.1. The molecule has 5 aromatic rings. The molecule has 5 heterocycles. The van der Waals surface area contributed by atoms with Crippen LogP contribution in [0.4, 0.5) is 24.5 Å². The number of anilines is 2. The van der Waals surface area contributed by atoms with Gasteiger partial charge in [0, 0.05) is 117 Å². The Morgan fingerprint density at radius 3 is 2.08 bits per heavy atom. The van der Waals surface area contributed by atoms with Crippen LogP contribution in [0, 0.1) is 12.3 Å². The molecule has 6 N–H and O–H groups in total. The molecular weight excluding hydrogens is 1160 g/mol. The summed E-state index contributed by atoms with van der Waals surface area (Å²) < 4.78 is 58.7. The standard InChI is InChI=1S/C63H82F3N11O10S/c1-42-57(88-41-70-42)45-11-9-43(10-12-45)37-69-60(83)53-35-48(78)40-77(53)61(84)58(62(2,3)4)72-55(80)16-28-86-30-32-87-31-29-85-27-15-54(79)67-17-18-74-21-23-75(24-22-74)39-44-7-6-8-46(33-44)47-13-14-52(76-25-19-73(5)20-26-76)51(34-47)71-59(82)49-38-68-56(81)36-50(49)63(64,65)66/h6-14,33-34,36,38,41,48,53,58,78H,15-32,35,37,39-40H2,1-5H3,(H,67,79)(H,68,81)(H,69,83)(H,71,82)(H,72,80)/t48-,53+,58-/m1/s1. The lowest BCUT2D eigenvalue weighted by molar-refractivity contribution is -0.144. The van der Waals surface area contributed by atoms with E-state index in [1.54, 1.807) is 22.9 Å². The molecule has 2 aromatic heterocycles. The third-order valence-electron chi connectivity index (χ3n) is 15.8. The number of pyridine rings is 1.